The minimum absolute atomic E-state index is 0.102. The monoisotopic (exact) mass is 386 g/mol. The Kier molecular flexibility index (Phi) is 5.32. The van der Waals surface area contributed by atoms with Crippen LogP contribution in [0.1, 0.15) is 26.2 Å². The van der Waals surface area contributed by atoms with Crippen molar-refractivity contribution in [3.8, 4) is 0 Å². The second-order valence-electron chi connectivity index (χ2n) is 6.60. The van der Waals surface area contributed by atoms with E-state index in [1.165, 1.54) is 22.2 Å². The van der Waals surface area contributed by atoms with Crippen molar-refractivity contribution >= 4 is 33.0 Å². The maximum Gasteiger partial charge on any atom is 0.258 e. The molecule has 0 N–H and O–H groups in total. The number of hydrazine groups is 1. The molecule has 1 atom stereocenters. The number of amides is 2. The van der Waals surface area contributed by atoms with E-state index in [2.05, 4.69) is 0 Å². The third-order valence-corrected chi connectivity index (χ3v) is 5.66. The minimum atomic E-state index is -3.44. The maximum absolute atomic E-state index is 13.1. The van der Waals surface area contributed by atoms with Crippen molar-refractivity contribution in [2.45, 2.75) is 31.1 Å². The smallest absolute Gasteiger partial charge is 0.258 e. The molecule has 1 aliphatic rings. The summed E-state index contributed by atoms with van der Waals surface area (Å²) in [7, 11) is -3.44. The molecular weight excluding hydrogens is 364 g/mol. The van der Waals surface area contributed by atoms with Crippen LogP contribution >= 0.6 is 0 Å². The first kappa shape index (κ1) is 19.1. The van der Waals surface area contributed by atoms with Crippen molar-refractivity contribution in [3.63, 3.8) is 0 Å². The van der Waals surface area contributed by atoms with Gasteiger partial charge >= 0.3 is 0 Å². The summed E-state index contributed by atoms with van der Waals surface area (Å²) in [5, 5.41) is 2.65. The number of nitrogens with zero attached hydrogens (tertiary/aromatic N) is 2. The number of unbranched alkanes of at least 4 members (excludes halogenated alkanes) is 1. The van der Waals surface area contributed by atoms with Crippen molar-refractivity contribution in [2.24, 2.45) is 5.92 Å². The number of anilines is 2. The number of rotatable bonds is 6. The normalized spacial score (nSPS) is 17.6. The predicted octanol–water partition coefficient (Wildman–Crippen LogP) is 3.19. The number of benzene rings is 2. The van der Waals surface area contributed by atoms with Gasteiger partial charge in [0.05, 0.1) is 16.3 Å². The molecule has 1 saturated heterocycles. The van der Waals surface area contributed by atoms with E-state index in [-0.39, 0.29) is 16.7 Å². The van der Waals surface area contributed by atoms with Gasteiger partial charge in [0.1, 0.15) is 5.92 Å². The van der Waals surface area contributed by atoms with Gasteiger partial charge in [0.15, 0.2) is 9.84 Å². The second-order valence-corrected chi connectivity index (χ2v) is 8.62. The fraction of sp³-hybridized carbons (Fsp3) is 0.300. The highest BCUT2D eigenvalue weighted by molar-refractivity contribution is 7.90. The summed E-state index contributed by atoms with van der Waals surface area (Å²) in [5.74, 6) is -1.38. The maximum atomic E-state index is 13.1. The Labute approximate surface area is 159 Å². The number of hydrogen-bond acceptors (Lipinski definition) is 4. The fourth-order valence-corrected chi connectivity index (χ4v) is 3.81. The van der Waals surface area contributed by atoms with Crippen molar-refractivity contribution in [3.05, 3.63) is 54.6 Å². The lowest BCUT2D eigenvalue weighted by Gasteiger charge is -2.28. The largest absolute Gasteiger partial charge is 0.272 e. The molecule has 0 spiro atoms. The van der Waals surface area contributed by atoms with Crippen LogP contribution in [-0.2, 0) is 19.4 Å². The first-order valence-corrected chi connectivity index (χ1v) is 10.8. The molecule has 2 amide bonds. The molecule has 1 fully saturated rings. The average Bonchev–Trinajstić information content (AvgIpc) is 2.90. The molecule has 27 heavy (non-hydrogen) atoms. The van der Waals surface area contributed by atoms with Gasteiger partial charge in [-0.1, -0.05) is 44.0 Å². The highest BCUT2D eigenvalue weighted by atomic mass is 32.2. The molecule has 2 aromatic carbocycles. The number of sulfone groups is 1. The Bertz CT molecular complexity index is 957. The highest BCUT2D eigenvalue weighted by Gasteiger charge is 2.46. The molecule has 1 heterocycles. The Morgan fingerprint density at radius 1 is 0.889 bits per heavy atom. The van der Waals surface area contributed by atoms with Gasteiger partial charge in [-0.05, 0) is 36.8 Å². The molecule has 1 aliphatic heterocycles. The van der Waals surface area contributed by atoms with Crippen LogP contribution in [0, 0.1) is 5.92 Å². The van der Waals surface area contributed by atoms with Gasteiger partial charge in [0.25, 0.3) is 11.8 Å². The first-order valence-electron chi connectivity index (χ1n) is 8.87. The van der Waals surface area contributed by atoms with Crippen LogP contribution in [0.15, 0.2) is 59.5 Å². The van der Waals surface area contributed by atoms with Crippen molar-refractivity contribution in [2.75, 3.05) is 16.3 Å². The lowest BCUT2D eigenvalue weighted by molar-refractivity contribution is -0.127. The van der Waals surface area contributed by atoms with E-state index in [0.717, 1.165) is 19.1 Å². The molecule has 0 aliphatic carbocycles. The summed E-state index contributed by atoms with van der Waals surface area (Å²) in [4.78, 5) is 26.2. The quantitative estimate of drug-likeness (QED) is 0.715. The Balaban J connectivity index is 2.09. The van der Waals surface area contributed by atoms with Crippen LogP contribution in [0.2, 0.25) is 0 Å². The molecule has 142 valence electrons. The third kappa shape index (κ3) is 3.73. The van der Waals surface area contributed by atoms with Gasteiger partial charge < -0.3 is 0 Å². The molecule has 0 bridgehead atoms. The number of hydrogen-bond donors (Lipinski definition) is 0. The van der Waals surface area contributed by atoms with Crippen LogP contribution in [0.4, 0.5) is 11.4 Å². The standard InChI is InChI=1S/C20H22N2O4S/c1-3-4-13-18-19(23)21(15-9-6-5-7-10-15)22(20(18)24)16-11-8-12-17(14-16)27(2,25)26/h5-12,14,18H,3-4,13H2,1-2H3. The Morgan fingerprint density at radius 3 is 2.07 bits per heavy atom. The SMILES string of the molecule is CCCCC1C(=O)N(c2ccccc2)N(c2cccc(S(C)(=O)=O)c2)C1=O. The highest BCUT2D eigenvalue weighted by Crippen LogP contribution is 2.34. The zero-order valence-corrected chi connectivity index (χ0v) is 16.1. The lowest BCUT2D eigenvalue weighted by atomic mass is 10.0. The second kappa shape index (κ2) is 7.52. The van der Waals surface area contributed by atoms with Crippen LogP contribution in [0.3, 0.4) is 0 Å². The molecule has 0 saturated carbocycles. The third-order valence-electron chi connectivity index (χ3n) is 4.55. The summed E-state index contributed by atoms with van der Waals surface area (Å²) in [6, 6.07) is 15.0. The molecule has 6 nitrogen and oxygen atoms in total. The van der Waals surface area contributed by atoms with Gasteiger partial charge in [-0.15, -0.1) is 0 Å². The van der Waals surface area contributed by atoms with Crippen molar-refractivity contribution in [1.82, 2.24) is 0 Å². The molecule has 0 radical (unpaired) electrons. The minimum Gasteiger partial charge on any atom is -0.272 e. The summed E-state index contributed by atoms with van der Waals surface area (Å²) in [6.07, 6.45) is 3.23. The van der Waals surface area contributed by atoms with Crippen molar-refractivity contribution in [1.29, 1.82) is 0 Å². The summed E-state index contributed by atoms with van der Waals surface area (Å²) >= 11 is 0. The number of carbonyl (C=O) groups is 2. The van der Waals surface area contributed by atoms with Gasteiger partial charge in [-0.25, -0.2) is 18.4 Å². The van der Waals surface area contributed by atoms with Crippen LogP contribution in [-0.4, -0.2) is 26.5 Å². The van der Waals surface area contributed by atoms with E-state index in [1.54, 1.807) is 36.4 Å². The molecule has 1 unspecified atom stereocenters. The average molecular weight is 386 g/mol. The zero-order chi connectivity index (χ0) is 19.6. The van der Waals surface area contributed by atoms with E-state index >= 15 is 0 Å². The zero-order valence-electron chi connectivity index (χ0n) is 15.3. The molecule has 3 rings (SSSR count). The van der Waals surface area contributed by atoms with E-state index < -0.39 is 15.8 Å². The topological polar surface area (TPSA) is 74.8 Å². The van der Waals surface area contributed by atoms with Gasteiger partial charge in [-0.3, -0.25) is 9.59 Å². The molecule has 0 aromatic heterocycles. The van der Waals surface area contributed by atoms with Gasteiger partial charge in [0, 0.05) is 6.26 Å². The van der Waals surface area contributed by atoms with Crippen LogP contribution in [0.25, 0.3) is 0 Å². The van der Waals surface area contributed by atoms with E-state index in [0.29, 0.717) is 17.8 Å². The summed E-state index contributed by atoms with van der Waals surface area (Å²) in [6.45, 7) is 2.01. The van der Waals surface area contributed by atoms with Crippen molar-refractivity contribution < 1.29 is 18.0 Å². The predicted molar refractivity (Wildman–Crippen MR) is 104 cm³/mol. The molecule has 2 aromatic rings. The summed E-state index contributed by atoms with van der Waals surface area (Å²) in [5.41, 5.74) is 0.929. The number of para-hydroxylation sites is 1. The molecular formula is C20H22N2O4S. The Morgan fingerprint density at radius 2 is 1.48 bits per heavy atom. The van der Waals surface area contributed by atoms with Gasteiger partial charge in [0.2, 0.25) is 0 Å². The van der Waals surface area contributed by atoms with Gasteiger partial charge in [-0.2, -0.15) is 0 Å². The number of carbonyl (C=O) groups excluding carboxylic acids is 2. The van der Waals surface area contributed by atoms with E-state index in [4.69, 9.17) is 0 Å². The van der Waals surface area contributed by atoms with E-state index in [9.17, 15) is 18.0 Å². The fourth-order valence-electron chi connectivity index (χ4n) is 3.15. The first-order chi connectivity index (χ1) is 12.8. The lowest BCUT2D eigenvalue weighted by Crippen LogP contribution is -2.41. The van der Waals surface area contributed by atoms with Crippen LogP contribution < -0.4 is 10.0 Å². The Hall–Kier alpha value is -2.67. The van der Waals surface area contributed by atoms with Crippen LogP contribution in [0.5, 0.6) is 0 Å². The molecule has 7 heteroatoms. The summed E-state index contributed by atoms with van der Waals surface area (Å²) < 4.78 is 23.8. The van der Waals surface area contributed by atoms with E-state index in [1.807, 2.05) is 13.0 Å².